The molecule has 0 atom stereocenters. The molecule has 0 unspecified atom stereocenters. The van der Waals surface area contributed by atoms with Gasteiger partial charge >= 0.3 is 0 Å². The number of nitrogens with one attached hydrogen (secondary N) is 1. The number of anilines is 1. The zero-order valence-corrected chi connectivity index (χ0v) is 15.8. The SMILES string of the molecule is CC(C)C(CNc1ccc(S(N)(=O)=O)cc1S(C)(=O)=O)C(C)C. The molecule has 8 heteroatoms. The second kappa shape index (κ2) is 7.19. The van der Waals surface area contributed by atoms with E-state index in [0.29, 0.717) is 30.0 Å². The maximum Gasteiger partial charge on any atom is 0.238 e. The Hall–Kier alpha value is -1.12. The molecular weight excluding hydrogens is 336 g/mol. The maximum atomic E-state index is 12.0. The zero-order valence-electron chi connectivity index (χ0n) is 14.2. The van der Waals surface area contributed by atoms with E-state index in [1.807, 2.05) is 0 Å². The van der Waals surface area contributed by atoms with Crippen molar-refractivity contribution in [1.29, 1.82) is 0 Å². The molecule has 132 valence electrons. The number of rotatable bonds is 7. The van der Waals surface area contributed by atoms with Crippen LogP contribution in [0.2, 0.25) is 0 Å². The van der Waals surface area contributed by atoms with Crippen LogP contribution in [0, 0.1) is 17.8 Å². The summed E-state index contributed by atoms with van der Waals surface area (Å²) in [6.45, 7) is 9.08. The molecule has 0 heterocycles. The van der Waals surface area contributed by atoms with E-state index in [1.54, 1.807) is 0 Å². The van der Waals surface area contributed by atoms with Gasteiger partial charge in [0.05, 0.1) is 15.5 Å². The van der Waals surface area contributed by atoms with Gasteiger partial charge in [0.15, 0.2) is 9.84 Å². The smallest absolute Gasteiger partial charge is 0.238 e. The largest absolute Gasteiger partial charge is 0.384 e. The van der Waals surface area contributed by atoms with E-state index in [2.05, 4.69) is 33.0 Å². The topological polar surface area (TPSA) is 106 Å². The van der Waals surface area contributed by atoms with E-state index >= 15 is 0 Å². The van der Waals surface area contributed by atoms with Crippen molar-refractivity contribution in [3.8, 4) is 0 Å². The highest BCUT2D eigenvalue weighted by Crippen LogP contribution is 2.27. The molecule has 0 saturated heterocycles. The molecule has 0 spiro atoms. The minimum Gasteiger partial charge on any atom is -0.384 e. The molecule has 0 saturated carbocycles. The molecule has 1 aromatic carbocycles. The molecule has 0 bridgehead atoms. The van der Waals surface area contributed by atoms with Gasteiger partial charge in [0.25, 0.3) is 0 Å². The van der Waals surface area contributed by atoms with Gasteiger partial charge in [0.2, 0.25) is 10.0 Å². The summed E-state index contributed by atoms with van der Waals surface area (Å²) >= 11 is 0. The molecule has 0 amide bonds. The Kier molecular flexibility index (Phi) is 6.23. The number of hydrogen-bond acceptors (Lipinski definition) is 5. The highest BCUT2D eigenvalue weighted by molar-refractivity contribution is 7.91. The van der Waals surface area contributed by atoms with Crippen molar-refractivity contribution < 1.29 is 16.8 Å². The minimum absolute atomic E-state index is 0.0599. The summed E-state index contributed by atoms with van der Waals surface area (Å²) < 4.78 is 46.8. The summed E-state index contributed by atoms with van der Waals surface area (Å²) in [6, 6.07) is 3.87. The lowest BCUT2D eigenvalue weighted by Gasteiger charge is -2.26. The molecule has 1 aromatic rings. The van der Waals surface area contributed by atoms with Crippen molar-refractivity contribution >= 4 is 25.5 Å². The Labute approximate surface area is 139 Å². The molecule has 0 radical (unpaired) electrons. The highest BCUT2D eigenvalue weighted by atomic mass is 32.2. The molecule has 0 aliphatic rings. The van der Waals surface area contributed by atoms with Gasteiger partial charge in [-0.15, -0.1) is 0 Å². The van der Waals surface area contributed by atoms with E-state index in [9.17, 15) is 16.8 Å². The van der Waals surface area contributed by atoms with Crippen molar-refractivity contribution in [2.24, 2.45) is 22.9 Å². The van der Waals surface area contributed by atoms with E-state index in [-0.39, 0.29) is 9.79 Å². The van der Waals surface area contributed by atoms with Crippen LogP contribution in [-0.4, -0.2) is 29.6 Å². The first-order chi connectivity index (χ1) is 10.3. The number of primary sulfonamides is 1. The van der Waals surface area contributed by atoms with E-state index in [0.717, 1.165) is 12.3 Å². The first-order valence-corrected chi connectivity index (χ1v) is 10.9. The quantitative estimate of drug-likeness (QED) is 0.772. The Balaban J connectivity index is 3.22. The third-order valence-corrected chi connectivity index (χ3v) is 5.97. The Morgan fingerprint density at radius 2 is 1.57 bits per heavy atom. The van der Waals surface area contributed by atoms with Gasteiger partial charge in [-0.3, -0.25) is 0 Å². The summed E-state index contributed by atoms with van der Waals surface area (Å²) in [5, 5.41) is 8.22. The third-order valence-electron chi connectivity index (χ3n) is 3.92. The van der Waals surface area contributed by atoms with Gasteiger partial charge in [0.1, 0.15) is 0 Å². The van der Waals surface area contributed by atoms with Crippen molar-refractivity contribution in [3.63, 3.8) is 0 Å². The van der Waals surface area contributed by atoms with Crippen LogP contribution >= 0.6 is 0 Å². The zero-order chi connectivity index (χ0) is 18.0. The number of hydrogen-bond donors (Lipinski definition) is 2. The van der Waals surface area contributed by atoms with Crippen molar-refractivity contribution in [2.45, 2.75) is 37.5 Å². The molecule has 1 rings (SSSR count). The molecule has 6 nitrogen and oxygen atoms in total. The van der Waals surface area contributed by atoms with Crippen molar-refractivity contribution in [1.82, 2.24) is 0 Å². The third kappa shape index (κ3) is 5.47. The van der Waals surface area contributed by atoms with E-state index in [1.165, 1.54) is 12.1 Å². The average Bonchev–Trinajstić information content (AvgIpc) is 2.35. The number of benzene rings is 1. The molecule has 0 aliphatic carbocycles. The predicted molar refractivity (Wildman–Crippen MR) is 92.6 cm³/mol. The lowest BCUT2D eigenvalue weighted by atomic mass is 9.85. The van der Waals surface area contributed by atoms with Gasteiger partial charge in [-0.1, -0.05) is 27.7 Å². The molecule has 0 aromatic heterocycles. The van der Waals surface area contributed by atoms with Gasteiger partial charge in [-0.25, -0.2) is 22.0 Å². The Morgan fingerprint density at radius 1 is 1.04 bits per heavy atom. The first kappa shape index (κ1) is 19.9. The fourth-order valence-corrected chi connectivity index (χ4v) is 4.10. The van der Waals surface area contributed by atoms with Crippen LogP contribution in [-0.2, 0) is 19.9 Å². The Morgan fingerprint density at radius 3 is 1.96 bits per heavy atom. The lowest BCUT2D eigenvalue weighted by Crippen LogP contribution is -2.25. The number of sulfonamides is 1. The van der Waals surface area contributed by atoms with Crippen LogP contribution in [0.5, 0.6) is 0 Å². The summed E-state index contributed by atoms with van der Waals surface area (Å²) in [6.07, 6.45) is 1.04. The number of nitrogens with two attached hydrogens (primary N) is 1. The second-order valence-electron chi connectivity index (χ2n) is 6.51. The average molecular weight is 363 g/mol. The van der Waals surface area contributed by atoms with Gasteiger partial charge in [-0.2, -0.15) is 0 Å². The molecular formula is C15H26N2O4S2. The fourth-order valence-electron chi connectivity index (χ4n) is 2.60. The normalized spacial score (nSPS) is 13.1. The Bertz CT molecular complexity index is 746. The van der Waals surface area contributed by atoms with Crippen LogP contribution in [0.1, 0.15) is 27.7 Å². The van der Waals surface area contributed by atoms with Crippen LogP contribution in [0.4, 0.5) is 5.69 Å². The second-order valence-corrected chi connectivity index (χ2v) is 10.1. The summed E-state index contributed by atoms with van der Waals surface area (Å²) in [4.78, 5) is -0.275. The molecule has 3 N–H and O–H groups in total. The standard InChI is InChI=1S/C15H26N2O4S2/c1-10(2)13(11(3)4)9-17-14-7-6-12(23(16,20)21)8-15(14)22(5,18)19/h6-8,10-11,13,17H,9H2,1-5H3,(H2,16,20,21). The molecule has 0 fully saturated rings. The van der Waals surface area contributed by atoms with Gasteiger partial charge in [0, 0.05) is 12.8 Å². The summed E-state index contributed by atoms with van der Waals surface area (Å²) in [5.41, 5.74) is 0.395. The van der Waals surface area contributed by atoms with Crippen molar-refractivity contribution in [2.75, 3.05) is 18.1 Å². The van der Waals surface area contributed by atoms with Gasteiger partial charge < -0.3 is 5.32 Å². The maximum absolute atomic E-state index is 12.0. The number of sulfone groups is 1. The van der Waals surface area contributed by atoms with Crippen LogP contribution in [0.15, 0.2) is 28.0 Å². The summed E-state index contributed by atoms with van der Waals surface area (Å²) in [5.74, 6) is 1.24. The van der Waals surface area contributed by atoms with E-state index < -0.39 is 19.9 Å². The highest BCUT2D eigenvalue weighted by Gasteiger charge is 2.21. The van der Waals surface area contributed by atoms with Crippen LogP contribution in [0.3, 0.4) is 0 Å². The first-order valence-electron chi connectivity index (χ1n) is 7.44. The van der Waals surface area contributed by atoms with Crippen LogP contribution < -0.4 is 10.5 Å². The van der Waals surface area contributed by atoms with Crippen LogP contribution in [0.25, 0.3) is 0 Å². The van der Waals surface area contributed by atoms with Gasteiger partial charge in [-0.05, 0) is 36.0 Å². The van der Waals surface area contributed by atoms with Crippen molar-refractivity contribution in [3.05, 3.63) is 18.2 Å². The minimum atomic E-state index is -3.95. The van der Waals surface area contributed by atoms with E-state index in [4.69, 9.17) is 5.14 Å². The summed E-state index contributed by atoms with van der Waals surface area (Å²) in [7, 11) is -7.54. The molecule has 23 heavy (non-hydrogen) atoms. The monoisotopic (exact) mass is 362 g/mol. The lowest BCUT2D eigenvalue weighted by molar-refractivity contribution is 0.304. The predicted octanol–water partition coefficient (Wildman–Crippen LogP) is 2.08. The molecule has 0 aliphatic heterocycles. The fraction of sp³-hybridized carbons (Fsp3) is 0.600.